The number of piperidine rings is 2. The van der Waals surface area contributed by atoms with Crippen molar-refractivity contribution >= 4 is 35.3 Å². The summed E-state index contributed by atoms with van der Waals surface area (Å²) in [5.74, 6) is 8.41. The number of allylic oxidation sites excluding steroid dienone is 4. The average molecular weight is 1360 g/mol. The number of hydrogen-bond donors (Lipinski definition) is 6. The van der Waals surface area contributed by atoms with Crippen LogP contribution in [-0.4, -0.2) is 154 Å². The van der Waals surface area contributed by atoms with Crippen LogP contribution in [0.3, 0.4) is 0 Å². The van der Waals surface area contributed by atoms with Crippen molar-refractivity contribution in [3.63, 3.8) is 0 Å². The number of hydrogen-bond acceptors (Lipinski definition) is 12. The predicted octanol–water partition coefficient (Wildman–Crippen LogP) is 14.0. The summed E-state index contributed by atoms with van der Waals surface area (Å²) in [6.45, 7) is 25.3. The number of aliphatic hydroxyl groups excluding tert-OH is 2. The highest BCUT2D eigenvalue weighted by Gasteiger charge is 2.64. The van der Waals surface area contributed by atoms with E-state index in [4.69, 9.17) is 15.2 Å². The third-order valence-corrected chi connectivity index (χ3v) is 31.2. The number of thioether (sulfide) groups is 1. The fourth-order valence-corrected chi connectivity index (χ4v) is 26.1. The first-order valence-electron chi connectivity index (χ1n) is 40.3. The van der Waals surface area contributed by atoms with E-state index in [1.165, 1.54) is 44.9 Å². The van der Waals surface area contributed by atoms with Crippen LogP contribution in [0, 0.1) is 70.0 Å². The molecule has 4 saturated carbocycles. The van der Waals surface area contributed by atoms with Gasteiger partial charge in [-0.15, -0.1) is 0 Å². The van der Waals surface area contributed by atoms with Gasteiger partial charge in [0.15, 0.2) is 0 Å². The minimum atomic E-state index is -0.157. The van der Waals surface area contributed by atoms with Crippen LogP contribution in [0.1, 0.15) is 261 Å². The van der Waals surface area contributed by atoms with Gasteiger partial charge in [0.05, 0.1) is 47.7 Å². The smallest absolute Gasteiger partial charge is 0.315 e. The minimum Gasteiger partial charge on any atom is -0.393 e. The minimum absolute atomic E-state index is 0.0438. The zero-order valence-corrected chi connectivity index (χ0v) is 62.2. The Morgan fingerprint density at radius 2 is 1.12 bits per heavy atom. The first-order chi connectivity index (χ1) is 46.6. The number of carbonyl (C=O) groups excluding carboxylic acids is 4. The summed E-state index contributed by atoms with van der Waals surface area (Å²) in [6, 6.07) is 1.33. The maximum Gasteiger partial charge on any atom is 0.315 e. The van der Waals surface area contributed by atoms with Gasteiger partial charge in [0.2, 0.25) is 5.91 Å². The normalized spacial score (nSPS) is 42.4. The molecule has 6 heterocycles. The van der Waals surface area contributed by atoms with Crippen LogP contribution in [0.15, 0.2) is 45.6 Å². The number of nitrogens with one attached hydrogen (secondary N) is 3. The molecular formula is C82H130N6O8S. The van der Waals surface area contributed by atoms with Crippen molar-refractivity contribution in [2.45, 2.75) is 326 Å². The van der Waals surface area contributed by atoms with Gasteiger partial charge in [0, 0.05) is 86.7 Å². The molecule has 14 rings (SSSR count). The molecule has 15 heteroatoms. The Kier molecular flexibility index (Phi) is 22.7. The lowest BCUT2D eigenvalue weighted by Gasteiger charge is -2.49. The number of likely N-dealkylation sites (tertiary alicyclic amines) is 2. The van der Waals surface area contributed by atoms with E-state index in [1.54, 1.807) is 33.4 Å². The largest absolute Gasteiger partial charge is 0.393 e. The maximum absolute atomic E-state index is 13.0. The summed E-state index contributed by atoms with van der Waals surface area (Å²) < 4.78 is 14.7. The Morgan fingerprint density at radius 3 is 1.64 bits per heavy atom. The highest BCUT2D eigenvalue weighted by atomic mass is 32.2. The van der Waals surface area contributed by atoms with Crippen LogP contribution in [0.2, 0.25) is 0 Å². The Hall–Kier alpha value is -2.89. The van der Waals surface area contributed by atoms with Crippen LogP contribution < -0.4 is 21.7 Å². The lowest BCUT2D eigenvalue weighted by atomic mass is 9.56. The van der Waals surface area contributed by atoms with E-state index < -0.39 is 0 Å². The lowest BCUT2D eigenvalue weighted by Crippen LogP contribution is -2.52. The Labute approximate surface area is 589 Å². The maximum atomic E-state index is 13.0. The number of urea groups is 1. The van der Waals surface area contributed by atoms with Crippen molar-refractivity contribution in [1.82, 2.24) is 25.8 Å². The van der Waals surface area contributed by atoms with Crippen LogP contribution in [-0.2, 0) is 23.9 Å². The molecule has 23 atom stereocenters. The highest BCUT2D eigenvalue weighted by Crippen LogP contribution is 2.68. The van der Waals surface area contributed by atoms with Crippen LogP contribution in [0.25, 0.3) is 0 Å². The first kappa shape index (κ1) is 72.5. The zero-order valence-electron chi connectivity index (χ0n) is 61.4. The van der Waals surface area contributed by atoms with Crippen LogP contribution >= 0.6 is 11.8 Å². The van der Waals surface area contributed by atoms with Gasteiger partial charge in [-0.3, -0.25) is 24.2 Å². The monoisotopic (exact) mass is 1360 g/mol. The number of nitrogens with zero attached hydrogens (tertiary/aromatic N) is 2. The Morgan fingerprint density at radius 1 is 0.629 bits per heavy atom. The van der Waals surface area contributed by atoms with Gasteiger partial charge in [0.1, 0.15) is 11.6 Å². The van der Waals surface area contributed by atoms with E-state index in [1.807, 2.05) is 11.8 Å². The van der Waals surface area contributed by atoms with Crippen molar-refractivity contribution in [3.05, 3.63) is 45.6 Å². The number of ketones is 2. The van der Waals surface area contributed by atoms with Gasteiger partial charge >= 0.3 is 6.03 Å². The number of Topliss-reactive ketones (excluding diaryl/α,β-unsaturated/α-hetero) is 2. The van der Waals surface area contributed by atoms with Crippen molar-refractivity contribution in [2.75, 3.05) is 45.0 Å². The molecule has 0 bridgehead atoms. The molecule has 0 aromatic heterocycles. The molecule has 10 fully saturated rings. The quantitative estimate of drug-likeness (QED) is 0.0304. The summed E-state index contributed by atoms with van der Waals surface area (Å²) in [5.41, 5.74) is 15.6. The summed E-state index contributed by atoms with van der Waals surface area (Å²) >= 11 is 1.93. The molecular weight excluding hydrogens is 1230 g/mol. The number of rotatable bonds is 24. The second kappa shape index (κ2) is 30.4. The number of amides is 3. The molecule has 14 aliphatic rings. The molecule has 0 radical (unpaired) electrons. The van der Waals surface area contributed by atoms with E-state index in [2.05, 4.69) is 93.3 Å². The molecule has 3 amide bonds. The van der Waals surface area contributed by atoms with E-state index >= 15 is 0 Å². The van der Waals surface area contributed by atoms with Crippen molar-refractivity contribution in [1.29, 1.82) is 0 Å². The van der Waals surface area contributed by atoms with Gasteiger partial charge in [-0.2, -0.15) is 11.8 Å². The molecule has 6 saturated heterocycles. The molecule has 7 N–H and O–H groups in total. The molecule has 542 valence electrons. The van der Waals surface area contributed by atoms with E-state index in [0.717, 1.165) is 197 Å². The fraction of sp³-hybridized carbons (Fsp3) is 0.854. The zero-order chi connectivity index (χ0) is 68.1. The number of nitrogens with two attached hydrogens (primary N) is 1. The van der Waals surface area contributed by atoms with Gasteiger partial charge in [-0.05, 0) is 257 Å². The number of fused-ring (bicyclic) bond motifs is 13. The molecule has 0 aromatic rings. The summed E-state index contributed by atoms with van der Waals surface area (Å²) in [6.07, 6.45) is 37.3. The fourth-order valence-electron chi connectivity index (χ4n) is 24.5. The summed E-state index contributed by atoms with van der Waals surface area (Å²) in [4.78, 5) is 54.9. The third-order valence-electron chi connectivity index (χ3n) is 29.7. The van der Waals surface area contributed by atoms with E-state index in [-0.39, 0.29) is 64.4 Å². The number of aliphatic hydroxyl groups is 2. The Bertz CT molecular complexity index is 2980. The average Bonchev–Trinajstić information content (AvgIpc) is 1.55. The van der Waals surface area contributed by atoms with E-state index in [9.17, 15) is 29.4 Å². The van der Waals surface area contributed by atoms with Gasteiger partial charge in [0.25, 0.3) is 0 Å². The SMILES string of the molecule is CC1=C2C[C@H]3[C@@H](CC=C4C[C@@H](O)CC[C@@]43C)[C@@H]2CC[C@]12O[C@@H]1C[C@H](C)CN(CCCC(=O)CCCCCN)[C@H]1[C@H]2C.CC1=C2C[C@H]3[C@@H](CC=C4C[C@@H](O)CC[C@@]43C)[C@@H]2CC[C@]12O[C@@H]1C[C@H](C)CN(CCCC(=O)CCCCCNC(=O)CCCCC3SC[C@@H]4NC(=O)N[C@H]34)[C@H]1[C@H]2C. The number of unbranched alkanes of at least 4 members (excludes halogenated alkanes) is 5. The second-order valence-corrected chi connectivity index (χ2v) is 36.6. The molecule has 1 unspecified atom stereocenters. The lowest BCUT2D eigenvalue weighted by molar-refractivity contribution is -0.121. The summed E-state index contributed by atoms with van der Waals surface area (Å²) in [5, 5.41) is 30.4. The van der Waals surface area contributed by atoms with E-state index in [0.29, 0.717) is 103 Å². The molecule has 6 aliphatic heterocycles. The standard InChI is InChI=1S/C46H72N4O5S.C36H58N2O3/c1-28-23-39-43(30(3)46(55-39)20-18-34-35-16-15-31-24-33(52)17-19-45(31,4)37(35)25-36(34)29(46)2)50(26-28)22-10-12-32(51)11-6-5-9-21-47-41(53)14-8-7-13-40-42-38(27-56-40)48-44(54)49-42;1-23-19-33-34(38(22-23)18-8-10-27(39)9-6-5-7-17-37)25(3)36(41-33)16-14-29-30-12-11-26-20-28(40)13-15-35(26,4)32(30)21-31(29)24(36)2/h15,28,30,33-35,37-40,42-43,52H,5-14,16-27H2,1-4H3,(H,47,53)(H2,48,49,54);11,23,25,28-30,32-34,40H,5-10,12-22,37H2,1-4H3/t28-,30+,33-,34-,35-,37-,38-,39+,40?,42-,43-,45-,46-;23-,25+,28-,29-,30-,32-,33+,34-,35-,36-/m00/s1. The van der Waals surface area contributed by atoms with Gasteiger partial charge in [-0.25, -0.2) is 4.79 Å². The molecule has 2 spiro atoms. The van der Waals surface area contributed by atoms with Crippen LogP contribution in [0.4, 0.5) is 4.79 Å². The van der Waals surface area contributed by atoms with Gasteiger partial charge in [-0.1, -0.05) is 95.2 Å². The van der Waals surface area contributed by atoms with Gasteiger partial charge < -0.3 is 41.4 Å². The number of carbonyl (C=O) groups is 4. The van der Waals surface area contributed by atoms with Crippen molar-refractivity contribution < 1.29 is 38.9 Å². The molecule has 0 aromatic carbocycles. The van der Waals surface area contributed by atoms with Crippen molar-refractivity contribution in [3.8, 4) is 0 Å². The third kappa shape index (κ3) is 14.3. The second-order valence-electron chi connectivity index (χ2n) is 35.3. The molecule has 97 heavy (non-hydrogen) atoms. The molecule has 8 aliphatic carbocycles. The van der Waals surface area contributed by atoms with Crippen molar-refractivity contribution in [2.24, 2.45) is 75.7 Å². The van der Waals surface area contributed by atoms with Crippen LogP contribution in [0.5, 0.6) is 0 Å². The molecule has 14 nitrogen and oxygen atoms in total. The highest BCUT2D eigenvalue weighted by molar-refractivity contribution is 8.00. The number of ether oxygens (including phenoxy) is 2. The Balaban J connectivity index is 0.000000184. The first-order valence-corrected chi connectivity index (χ1v) is 41.4. The summed E-state index contributed by atoms with van der Waals surface area (Å²) in [7, 11) is 0. The topological polar surface area (TPSA) is 196 Å². The predicted molar refractivity (Wildman–Crippen MR) is 389 cm³/mol.